The number of ether oxygens (including phenoxy) is 1. The molecule has 0 radical (unpaired) electrons. The van der Waals surface area contributed by atoms with E-state index in [0.29, 0.717) is 54.6 Å². The van der Waals surface area contributed by atoms with E-state index in [1.54, 1.807) is 59.5 Å². The fourth-order valence-corrected chi connectivity index (χ4v) is 3.24. The summed E-state index contributed by atoms with van der Waals surface area (Å²) in [5.74, 6) is 0.0415. The quantitative estimate of drug-likeness (QED) is 0.628. The van der Waals surface area contributed by atoms with Crippen molar-refractivity contribution in [2.24, 2.45) is 0 Å². The molecule has 1 aliphatic heterocycles. The summed E-state index contributed by atoms with van der Waals surface area (Å²) in [6.45, 7) is 2.24. The van der Waals surface area contributed by atoms with Gasteiger partial charge in [0.15, 0.2) is 0 Å². The van der Waals surface area contributed by atoms with E-state index in [1.165, 1.54) is 18.2 Å². The highest BCUT2D eigenvalue weighted by Gasteiger charge is 2.18. The van der Waals surface area contributed by atoms with Gasteiger partial charge in [-0.05, 0) is 54.6 Å². The minimum Gasteiger partial charge on any atom is -0.457 e. The van der Waals surface area contributed by atoms with Crippen LogP contribution in [0.2, 0.25) is 0 Å². The van der Waals surface area contributed by atoms with E-state index in [9.17, 15) is 14.0 Å². The smallest absolute Gasteiger partial charge is 0.254 e. The predicted molar refractivity (Wildman–Crippen MR) is 115 cm³/mol. The lowest BCUT2D eigenvalue weighted by atomic mass is 10.1. The van der Waals surface area contributed by atoms with Crippen molar-refractivity contribution >= 4 is 23.6 Å². The zero-order chi connectivity index (χ0) is 21.6. The molecule has 158 valence electrons. The molecule has 31 heavy (non-hydrogen) atoms. The first-order valence-electron chi connectivity index (χ1n) is 9.91. The Hall–Kier alpha value is -3.71. The highest BCUT2D eigenvalue weighted by molar-refractivity contribution is 6.02. The van der Waals surface area contributed by atoms with Crippen molar-refractivity contribution in [2.75, 3.05) is 31.6 Å². The van der Waals surface area contributed by atoms with Crippen molar-refractivity contribution in [1.29, 1.82) is 0 Å². The van der Waals surface area contributed by atoms with Crippen molar-refractivity contribution < 1.29 is 23.1 Å². The summed E-state index contributed by atoms with van der Waals surface area (Å²) in [5.41, 5.74) is 1.49. The number of nitrogens with zero attached hydrogens (tertiary/aromatic N) is 1. The summed E-state index contributed by atoms with van der Waals surface area (Å²) in [7, 11) is 0. The first kappa shape index (κ1) is 20.6. The number of nitrogens with one attached hydrogen (secondary N) is 1. The maximum absolute atomic E-state index is 13.9. The van der Waals surface area contributed by atoms with Crippen LogP contribution in [0.25, 0.3) is 17.4 Å². The molecule has 2 heterocycles. The molecule has 7 heteroatoms. The highest BCUT2D eigenvalue weighted by Crippen LogP contribution is 2.25. The molecule has 1 aromatic heterocycles. The number of carbonyl (C=O) groups excluding carboxylic acids is 2. The molecule has 4 rings (SSSR count). The molecular weight excluding hydrogens is 399 g/mol. The molecule has 0 spiro atoms. The topological polar surface area (TPSA) is 71.8 Å². The maximum atomic E-state index is 13.9. The van der Waals surface area contributed by atoms with Gasteiger partial charge in [0.1, 0.15) is 17.3 Å². The Morgan fingerprint density at radius 3 is 2.45 bits per heavy atom. The molecule has 2 aromatic carbocycles. The minimum absolute atomic E-state index is 0.0513. The zero-order valence-electron chi connectivity index (χ0n) is 16.7. The predicted octanol–water partition coefficient (Wildman–Crippen LogP) is 4.21. The Morgan fingerprint density at radius 1 is 0.968 bits per heavy atom. The fraction of sp³-hybridized carbons (Fsp3) is 0.167. The van der Waals surface area contributed by atoms with E-state index in [2.05, 4.69) is 5.32 Å². The molecule has 0 aliphatic carbocycles. The normalized spacial score (nSPS) is 14.0. The molecular formula is C24H21FN2O4. The van der Waals surface area contributed by atoms with Crippen LogP contribution in [0.15, 0.2) is 71.2 Å². The Bertz CT molecular complexity index is 1100. The molecule has 0 atom stereocenters. The fourth-order valence-electron chi connectivity index (χ4n) is 3.24. The van der Waals surface area contributed by atoms with E-state index in [4.69, 9.17) is 9.15 Å². The number of anilines is 1. The van der Waals surface area contributed by atoms with Crippen LogP contribution in [0, 0.1) is 5.82 Å². The van der Waals surface area contributed by atoms with Crippen LogP contribution in [-0.2, 0) is 9.53 Å². The van der Waals surface area contributed by atoms with E-state index in [-0.39, 0.29) is 17.6 Å². The highest BCUT2D eigenvalue weighted by atomic mass is 19.1. The lowest BCUT2D eigenvalue weighted by molar-refractivity contribution is -0.111. The van der Waals surface area contributed by atoms with Gasteiger partial charge in [-0.1, -0.05) is 12.1 Å². The second-order valence-electron chi connectivity index (χ2n) is 6.99. The van der Waals surface area contributed by atoms with Gasteiger partial charge in [-0.2, -0.15) is 0 Å². The number of amides is 2. The largest absolute Gasteiger partial charge is 0.457 e. The third-order valence-electron chi connectivity index (χ3n) is 4.86. The van der Waals surface area contributed by atoms with Gasteiger partial charge >= 0.3 is 0 Å². The number of halogens is 1. The standard InChI is InChI=1S/C24H21FN2O4/c25-21-4-2-1-3-20(21)22-11-9-19(31-22)10-12-23(28)26-18-7-5-17(6-8-18)24(29)27-13-15-30-16-14-27/h1-12H,13-16H2,(H,26,28)/b12-10+. The third kappa shape index (κ3) is 5.07. The summed E-state index contributed by atoms with van der Waals surface area (Å²) in [6, 6.07) is 16.4. The van der Waals surface area contributed by atoms with Crippen molar-refractivity contribution in [3.63, 3.8) is 0 Å². The second-order valence-corrected chi connectivity index (χ2v) is 6.99. The van der Waals surface area contributed by atoms with Crippen molar-refractivity contribution in [1.82, 2.24) is 4.90 Å². The minimum atomic E-state index is -0.374. The van der Waals surface area contributed by atoms with Crippen LogP contribution in [0.4, 0.5) is 10.1 Å². The summed E-state index contributed by atoms with van der Waals surface area (Å²) in [6.07, 6.45) is 2.84. The molecule has 1 saturated heterocycles. The first-order valence-corrected chi connectivity index (χ1v) is 9.91. The zero-order valence-corrected chi connectivity index (χ0v) is 16.7. The summed E-state index contributed by atoms with van der Waals surface area (Å²) in [4.78, 5) is 26.4. The molecule has 1 N–H and O–H groups in total. The van der Waals surface area contributed by atoms with E-state index < -0.39 is 0 Å². The van der Waals surface area contributed by atoms with Crippen molar-refractivity contribution in [2.45, 2.75) is 0 Å². The maximum Gasteiger partial charge on any atom is 0.254 e. The van der Waals surface area contributed by atoms with Crippen LogP contribution in [-0.4, -0.2) is 43.0 Å². The Kier molecular flexibility index (Phi) is 6.24. The number of carbonyl (C=O) groups is 2. The number of benzene rings is 2. The van der Waals surface area contributed by atoms with Crippen molar-refractivity contribution in [3.8, 4) is 11.3 Å². The van der Waals surface area contributed by atoms with Gasteiger partial charge in [0.05, 0.1) is 18.8 Å². The lowest BCUT2D eigenvalue weighted by Gasteiger charge is -2.26. The lowest BCUT2D eigenvalue weighted by Crippen LogP contribution is -2.40. The molecule has 0 saturated carbocycles. The SMILES string of the molecule is O=C(/C=C/c1ccc(-c2ccccc2F)o1)Nc1ccc(C(=O)N2CCOCC2)cc1. The van der Waals surface area contributed by atoms with E-state index in [1.807, 2.05) is 0 Å². The van der Waals surface area contributed by atoms with Crippen LogP contribution < -0.4 is 5.32 Å². The number of hydrogen-bond acceptors (Lipinski definition) is 4. The Morgan fingerprint density at radius 2 is 1.71 bits per heavy atom. The number of morpholine rings is 1. The summed E-state index contributed by atoms with van der Waals surface area (Å²) < 4.78 is 24.7. The van der Waals surface area contributed by atoms with Gasteiger partial charge < -0.3 is 19.4 Å². The van der Waals surface area contributed by atoms with Crippen LogP contribution in [0.5, 0.6) is 0 Å². The molecule has 0 bridgehead atoms. The van der Waals surface area contributed by atoms with Gasteiger partial charge in [0, 0.05) is 30.4 Å². The van der Waals surface area contributed by atoms with Crippen molar-refractivity contribution in [3.05, 3.63) is 83.9 Å². The average molecular weight is 420 g/mol. The second kappa shape index (κ2) is 9.40. The molecule has 2 amide bonds. The number of rotatable bonds is 5. The summed E-state index contributed by atoms with van der Waals surface area (Å²) in [5, 5.41) is 2.73. The molecule has 0 unspecified atom stereocenters. The summed E-state index contributed by atoms with van der Waals surface area (Å²) >= 11 is 0. The van der Waals surface area contributed by atoms with Crippen LogP contribution in [0.1, 0.15) is 16.1 Å². The number of furan rings is 1. The third-order valence-corrected chi connectivity index (χ3v) is 4.86. The van der Waals surface area contributed by atoms with Crippen LogP contribution in [0.3, 0.4) is 0 Å². The van der Waals surface area contributed by atoms with Gasteiger partial charge in [-0.15, -0.1) is 0 Å². The van der Waals surface area contributed by atoms with Gasteiger partial charge in [0.2, 0.25) is 5.91 Å². The van der Waals surface area contributed by atoms with Gasteiger partial charge in [-0.25, -0.2) is 4.39 Å². The number of hydrogen-bond donors (Lipinski definition) is 1. The molecule has 3 aromatic rings. The van der Waals surface area contributed by atoms with E-state index in [0.717, 1.165) is 0 Å². The van der Waals surface area contributed by atoms with Gasteiger partial charge in [0.25, 0.3) is 5.91 Å². The van der Waals surface area contributed by atoms with E-state index >= 15 is 0 Å². The average Bonchev–Trinajstić information content (AvgIpc) is 3.27. The van der Waals surface area contributed by atoms with Gasteiger partial charge in [-0.3, -0.25) is 9.59 Å². The molecule has 6 nitrogen and oxygen atoms in total. The Balaban J connectivity index is 1.35. The molecule has 1 aliphatic rings. The first-order chi connectivity index (χ1) is 15.1. The Labute approximate surface area is 178 Å². The van der Waals surface area contributed by atoms with Crippen LogP contribution >= 0.6 is 0 Å². The molecule has 1 fully saturated rings. The monoisotopic (exact) mass is 420 g/mol.